The minimum Gasteiger partial charge on any atom is -0.498 e. The molecule has 3 nitrogen and oxygen atoms in total. The summed E-state index contributed by atoms with van der Waals surface area (Å²) in [7, 11) is 0. The second kappa shape index (κ2) is 4.51. The van der Waals surface area contributed by atoms with Gasteiger partial charge in [0.2, 0.25) is 0 Å². The van der Waals surface area contributed by atoms with Crippen LogP contribution in [-0.2, 0) is 14.3 Å². The van der Waals surface area contributed by atoms with Gasteiger partial charge in [-0.05, 0) is 51.4 Å². The zero-order valence-electron chi connectivity index (χ0n) is 12.9. The second-order valence-corrected chi connectivity index (χ2v) is 7.68. The van der Waals surface area contributed by atoms with Crippen molar-refractivity contribution >= 4 is 5.97 Å². The number of hydrogen-bond donors (Lipinski definition) is 0. The first-order valence-electron chi connectivity index (χ1n) is 7.88. The number of esters is 1. The van der Waals surface area contributed by atoms with Crippen LogP contribution in [0.25, 0.3) is 0 Å². The first kappa shape index (κ1) is 14.0. The molecule has 0 aromatic carbocycles. The molecule has 2 bridgehead atoms. The molecule has 3 heteroatoms. The number of allylic oxidation sites excluding steroid dienone is 1. The van der Waals surface area contributed by atoms with Gasteiger partial charge in [-0.2, -0.15) is 0 Å². The van der Waals surface area contributed by atoms with Crippen LogP contribution in [0.5, 0.6) is 0 Å². The van der Waals surface area contributed by atoms with Gasteiger partial charge < -0.3 is 9.47 Å². The normalized spacial score (nSPS) is 39.4. The first-order chi connectivity index (χ1) is 9.36. The van der Waals surface area contributed by atoms with Crippen LogP contribution in [0.2, 0.25) is 0 Å². The minimum absolute atomic E-state index is 0.0290. The predicted molar refractivity (Wildman–Crippen MR) is 76.9 cm³/mol. The Hall–Kier alpha value is -0.990. The van der Waals surface area contributed by atoms with Gasteiger partial charge in [0.1, 0.15) is 6.10 Å². The van der Waals surface area contributed by atoms with Crippen LogP contribution in [-0.4, -0.2) is 18.7 Å². The van der Waals surface area contributed by atoms with E-state index in [-0.39, 0.29) is 17.5 Å². The Morgan fingerprint density at radius 3 is 2.75 bits per heavy atom. The smallest absolute Gasteiger partial charge is 0.311 e. The molecule has 0 radical (unpaired) electrons. The van der Waals surface area contributed by atoms with Gasteiger partial charge in [0.05, 0.1) is 17.8 Å². The summed E-state index contributed by atoms with van der Waals surface area (Å²) < 4.78 is 11.5. The number of fused-ring (bicyclic) bond motifs is 3. The largest absolute Gasteiger partial charge is 0.498 e. The Labute approximate surface area is 121 Å². The van der Waals surface area contributed by atoms with Crippen LogP contribution in [0.4, 0.5) is 0 Å². The van der Waals surface area contributed by atoms with E-state index in [2.05, 4.69) is 6.58 Å². The summed E-state index contributed by atoms with van der Waals surface area (Å²) in [6, 6.07) is 0. The van der Waals surface area contributed by atoms with Gasteiger partial charge in [-0.3, -0.25) is 4.79 Å². The fourth-order valence-corrected chi connectivity index (χ4v) is 4.21. The molecule has 2 saturated carbocycles. The molecule has 2 aliphatic carbocycles. The molecule has 3 aliphatic rings. The summed E-state index contributed by atoms with van der Waals surface area (Å²) >= 11 is 0. The van der Waals surface area contributed by atoms with Gasteiger partial charge in [0, 0.05) is 11.8 Å². The molecular weight excluding hydrogens is 252 g/mol. The SMILES string of the molecule is C=C1CC2(CO1)CC1CC2CC1OC(=O)C(C)(C)CC. The Bertz CT molecular complexity index is 440. The number of ether oxygens (including phenoxy) is 2. The van der Waals surface area contributed by atoms with Crippen LogP contribution in [0.3, 0.4) is 0 Å². The van der Waals surface area contributed by atoms with Crippen molar-refractivity contribution in [1.29, 1.82) is 0 Å². The van der Waals surface area contributed by atoms with Crippen LogP contribution in [0.1, 0.15) is 52.9 Å². The van der Waals surface area contributed by atoms with E-state index >= 15 is 0 Å². The van der Waals surface area contributed by atoms with Crippen LogP contribution in [0.15, 0.2) is 12.3 Å². The maximum absolute atomic E-state index is 12.2. The van der Waals surface area contributed by atoms with Crippen LogP contribution in [0, 0.1) is 22.7 Å². The number of rotatable bonds is 3. The minimum atomic E-state index is -0.357. The number of hydrogen-bond acceptors (Lipinski definition) is 3. The van der Waals surface area contributed by atoms with Crippen molar-refractivity contribution in [2.45, 2.75) is 59.0 Å². The number of carbonyl (C=O) groups excluding carboxylic acids is 1. The van der Waals surface area contributed by atoms with E-state index in [1.54, 1.807) is 0 Å². The molecule has 0 amide bonds. The Balaban J connectivity index is 1.62. The van der Waals surface area contributed by atoms with E-state index in [0.29, 0.717) is 17.3 Å². The summed E-state index contributed by atoms with van der Waals surface area (Å²) in [5.74, 6) is 2.09. The summed E-state index contributed by atoms with van der Waals surface area (Å²) in [4.78, 5) is 12.2. The lowest BCUT2D eigenvalue weighted by molar-refractivity contribution is -0.163. The Kier molecular flexibility index (Phi) is 3.15. The second-order valence-electron chi connectivity index (χ2n) is 7.68. The maximum Gasteiger partial charge on any atom is 0.311 e. The first-order valence-corrected chi connectivity index (χ1v) is 7.88. The third-order valence-electron chi connectivity index (χ3n) is 5.97. The zero-order chi connectivity index (χ0) is 14.5. The van der Waals surface area contributed by atoms with Crippen molar-refractivity contribution in [2.24, 2.45) is 22.7 Å². The van der Waals surface area contributed by atoms with Crippen LogP contribution >= 0.6 is 0 Å². The highest BCUT2D eigenvalue weighted by atomic mass is 16.5. The average Bonchev–Trinajstić information content (AvgIpc) is 3.05. The Morgan fingerprint density at radius 2 is 2.25 bits per heavy atom. The lowest BCUT2D eigenvalue weighted by Crippen LogP contribution is -2.37. The average molecular weight is 278 g/mol. The van der Waals surface area contributed by atoms with Crippen molar-refractivity contribution in [1.82, 2.24) is 0 Å². The lowest BCUT2D eigenvalue weighted by atomic mass is 9.71. The molecule has 0 aromatic rings. The number of carbonyl (C=O) groups is 1. The standard InChI is InChI=1S/C17H26O3/c1-5-16(3,4)15(18)20-14-7-13-6-12(14)9-17(13)8-11(2)19-10-17/h12-14H,2,5-10H2,1,3-4H3. The van der Waals surface area contributed by atoms with Gasteiger partial charge in [-0.15, -0.1) is 0 Å². The molecule has 3 rings (SSSR count). The monoisotopic (exact) mass is 278 g/mol. The van der Waals surface area contributed by atoms with Gasteiger partial charge in [0.15, 0.2) is 0 Å². The van der Waals surface area contributed by atoms with E-state index in [9.17, 15) is 4.79 Å². The van der Waals surface area contributed by atoms with Gasteiger partial charge in [-0.25, -0.2) is 0 Å². The lowest BCUT2D eigenvalue weighted by Gasteiger charge is -2.35. The highest BCUT2D eigenvalue weighted by Crippen LogP contribution is 2.61. The molecule has 0 N–H and O–H groups in total. The molecular formula is C17H26O3. The molecule has 1 saturated heterocycles. The topological polar surface area (TPSA) is 35.5 Å². The summed E-state index contributed by atoms with van der Waals surface area (Å²) in [6.45, 7) is 10.8. The van der Waals surface area contributed by atoms with Crippen molar-refractivity contribution in [2.75, 3.05) is 6.61 Å². The van der Waals surface area contributed by atoms with E-state index in [4.69, 9.17) is 9.47 Å². The van der Waals surface area contributed by atoms with E-state index in [1.165, 1.54) is 6.42 Å². The molecule has 20 heavy (non-hydrogen) atoms. The molecule has 3 fully saturated rings. The third-order valence-corrected chi connectivity index (χ3v) is 5.97. The molecule has 4 unspecified atom stereocenters. The molecule has 4 atom stereocenters. The maximum atomic E-state index is 12.2. The van der Waals surface area contributed by atoms with E-state index in [0.717, 1.165) is 38.0 Å². The quantitative estimate of drug-likeness (QED) is 0.739. The highest BCUT2D eigenvalue weighted by Gasteiger charge is 2.58. The third kappa shape index (κ3) is 2.06. The molecule has 1 aliphatic heterocycles. The fourth-order valence-electron chi connectivity index (χ4n) is 4.21. The van der Waals surface area contributed by atoms with E-state index in [1.807, 2.05) is 20.8 Å². The van der Waals surface area contributed by atoms with Gasteiger partial charge in [-0.1, -0.05) is 13.5 Å². The van der Waals surface area contributed by atoms with Crippen molar-refractivity contribution in [3.8, 4) is 0 Å². The highest BCUT2D eigenvalue weighted by molar-refractivity contribution is 5.76. The summed E-state index contributed by atoms with van der Waals surface area (Å²) in [5.41, 5.74) is -0.0464. The summed E-state index contributed by atoms with van der Waals surface area (Å²) in [6.07, 6.45) is 5.33. The fraction of sp³-hybridized carbons (Fsp3) is 0.824. The van der Waals surface area contributed by atoms with Crippen molar-refractivity contribution in [3.05, 3.63) is 12.3 Å². The zero-order valence-corrected chi connectivity index (χ0v) is 12.9. The molecule has 0 aromatic heterocycles. The van der Waals surface area contributed by atoms with E-state index < -0.39 is 0 Å². The predicted octanol–water partition coefficient (Wildman–Crippen LogP) is 3.68. The molecule has 1 spiro atoms. The van der Waals surface area contributed by atoms with Gasteiger partial charge >= 0.3 is 5.97 Å². The summed E-state index contributed by atoms with van der Waals surface area (Å²) in [5, 5.41) is 0. The van der Waals surface area contributed by atoms with Gasteiger partial charge in [0.25, 0.3) is 0 Å². The molecule has 112 valence electrons. The van der Waals surface area contributed by atoms with Crippen LogP contribution < -0.4 is 0 Å². The Morgan fingerprint density at radius 1 is 1.50 bits per heavy atom. The molecule has 1 heterocycles. The van der Waals surface area contributed by atoms with Crippen molar-refractivity contribution in [3.63, 3.8) is 0 Å². The van der Waals surface area contributed by atoms with Crippen molar-refractivity contribution < 1.29 is 14.3 Å².